The van der Waals surface area contributed by atoms with Gasteiger partial charge in [0.25, 0.3) is 0 Å². The van der Waals surface area contributed by atoms with E-state index in [0.717, 1.165) is 18.6 Å². The highest BCUT2D eigenvalue weighted by atomic mass is 16.6. The first-order chi connectivity index (χ1) is 10.2. The number of esters is 1. The molecular weight excluding hydrogens is 268 g/mol. The largest absolute Gasteiger partial charge is 0.488 e. The summed E-state index contributed by atoms with van der Waals surface area (Å²) < 4.78 is 16.5. The molecule has 4 heteroatoms. The van der Waals surface area contributed by atoms with Crippen LogP contribution in [0.15, 0.2) is 30.3 Å². The molecular formula is C17H26O4. The first-order valence-corrected chi connectivity index (χ1v) is 7.63. The Morgan fingerprint density at radius 1 is 1.10 bits per heavy atom. The van der Waals surface area contributed by atoms with Crippen LogP contribution in [0.2, 0.25) is 0 Å². The maximum absolute atomic E-state index is 11.5. The Morgan fingerprint density at radius 2 is 1.81 bits per heavy atom. The average Bonchev–Trinajstić information content (AvgIpc) is 2.53. The Labute approximate surface area is 127 Å². The topological polar surface area (TPSA) is 44.8 Å². The Kier molecular flexibility index (Phi) is 8.51. The van der Waals surface area contributed by atoms with Crippen molar-refractivity contribution >= 4 is 5.97 Å². The Balaban J connectivity index is 2.17. The highest BCUT2D eigenvalue weighted by molar-refractivity contribution is 5.71. The third-order valence-electron chi connectivity index (χ3n) is 3.29. The monoisotopic (exact) mass is 294 g/mol. The van der Waals surface area contributed by atoms with Gasteiger partial charge in [-0.1, -0.05) is 39.0 Å². The molecule has 0 bridgehead atoms. The van der Waals surface area contributed by atoms with Crippen molar-refractivity contribution in [3.05, 3.63) is 30.3 Å². The van der Waals surface area contributed by atoms with E-state index in [4.69, 9.17) is 14.2 Å². The number of hydrogen-bond donors (Lipinski definition) is 0. The van der Waals surface area contributed by atoms with Crippen LogP contribution in [-0.4, -0.2) is 31.9 Å². The van der Waals surface area contributed by atoms with E-state index in [2.05, 4.69) is 6.92 Å². The molecule has 4 nitrogen and oxygen atoms in total. The molecule has 0 spiro atoms. The van der Waals surface area contributed by atoms with Crippen LogP contribution < -0.4 is 4.74 Å². The number of para-hydroxylation sites is 1. The van der Waals surface area contributed by atoms with Crippen LogP contribution in [0.5, 0.6) is 5.75 Å². The molecule has 1 rings (SSSR count). The van der Waals surface area contributed by atoms with Crippen molar-refractivity contribution in [2.24, 2.45) is 5.92 Å². The molecule has 0 fully saturated rings. The lowest BCUT2D eigenvalue weighted by Gasteiger charge is -2.17. The van der Waals surface area contributed by atoms with E-state index >= 15 is 0 Å². The summed E-state index contributed by atoms with van der Waals surface area (Å²) in [5, 5.41) is 0. The standard InChI is InChI=1S/C17H26O4/c1-4-14(3)17(18)20-12-11-19-13-15(5-2)21-16-9-7-6-8-10-16/h6-10,14-15H,4-5,11-13H2,1-3H3. The van der Waals surface area contributed by atoms with Crippen LogP contribution in [-0.2, 0) is 14.3 Å². The summed E-state index contributed by atoms with van der Waals surface area (Å²) in [5.74, 6) is 0.639. The lowest BCUT2D eigenvalue weighted by atomic mass is 10.1. The number of carbonyl (C=O) groups excluding carboxylic acids is 1. The summed E-state index contributed by atoms with van der Waals surface area (Å²) >= 11 is 0. The van der Waals surface area contributed by atoms with Gasteiger partial charge in [-0.15, -0.1) is 0 Å². The molecule has 0 amide bonds. The number of benzene rings is 1. The molecule has 0 N–H and O–H groups in total. The fourth-order valence-electron chi connectivity index (χ4n) is 1.65. The predicted molar refractivity (Wildman–Crippen MR) is 82.4 cm³/mol. The summed E-state index contributed by atoms with van der Waals surface area (Å²) in [4.78, 5) is 11.5. The molecule has 0 saturated carbocycles. The smallest absolute Gasteiger partial charge is 0.308 e. The number of hydrogen-bond acceptors (Lipinski definition) is 4. The second-order valence-electron chi connectivity index (χ2n) is 5.01. The highest BCUT2D eigenvalue weighted by Crippen LogP contribution is 2.12. The van der Waals surface area contributed by atoms with Crippen LogP contribution in [0.4, 0.5) is 0 Å². The zero-order valence-electron chi connectivity index (χ0n) is 13.2. The van der Waals surface area contributed by atoms with Crippen molar-refractivity contribution in [1.29, 1.82) is 0 Å². The van der Waals surface area contributed by atoms with E-state index in [1.165, 1.54) is 0 Å². The van der Waals surface area contributed by atoms with Gasteiger partial charge in [0.05, 0.1) is 19.1 Å². The first-order valence-electron chi connectivity index (χ1n) is 7.63. The number of rotatable bonds is 10. The van der Waals surface area contributed by atoms with E-state index in [-0.39, 0.29) is 18.0 Å². The van der Waals surface area contributed by atoms with Crippen molar-refractivity contribution in [3.8, 4) is 5.75 Å². The van der Waals surface area contributed by atoms with E-state index in [1.807, 2.05) is 44.2 Å². The van der Waals surface area contributed by atoms with Gasteiger partial charge in [-0.3, -0.25) is 4.79 Å². The van der Waals surface area contributed by atoms with Crippen LogP contribution in [0, 0.1) is 5.92 Å². The minimum Gasteiger partial charge on any atom is -0.488 e. The quantitative estimate of drug-likeness (QED) is 0.490. The fourth-order valence-corrected chi connectivity index (χ4v) is 1.65. The fraction of sp³-hybridized carbons (Fsp3) is 0.588. The van der Waals surface area contributed by atoms with Gasteiger partial charge in [-0.05, 0) is 25.0 Å². The minimum absolute atomic E-state index is 0.0117. The van der Waals surface area contributed by atoms with Gasteiger partial charge in [0.2, 0.25) is 0 Å². The minimum atomic E-state index is -0.159. The zero-order chi connectivity index (χ0) is 15.5. The molecule has 1 aromatic rings. The summed E-state index contributed by atoms with van der Waals surface area (Å²) in [6.45, 7) is 7.08. The first kappa shape index (κ1) is 17.5. The molecule has 0 heterocycles. The van der Waals surface area contributed by atoms with E-state index in [0.29, 0.717) is 19.8 Å². The molecule has 0 aliphatic carbocycles. The van der Waals surface area contributed by atoms with Gasteiger partial charge >= 0.3 is 5.97 Å². The van der Waals surface area contributed by atoms with Gasteiger partial charge in [0.1, 0.15) is 18.5 Å². The lowest BCUT2D eigenvalue weighted by molar-refractivity contribution is -0.149. The van der Waals surface area contributed by atoms with Crippen molar-refractivity contribution in [2.45, 2.75) is 39.7 Å². The van der Waals surface area contributed by atoms with Gasteiger partial charge in [0, 0.05) is 0 Å². The summed E-state index contributed by atoms with van der Waals surface area (Å²) in [5.41, 5.74) is 0. The predicted octanol–water partition coefficient (Wildman–Crippen LogP) is 3.45. The molecule has 0 radical (unpaired) electrons. The van der Waals surface area contributed by atoms with Crippen LogP contribution in [0.25, 0.3) is 0 Å². The second-order valence-corrected chi connectivity index (χ2v) is 5.01. The number of ether oxygens (including phenoxy) is 3. The molecule has 0 aliphatic heterocycles. The molecule has 0 aliphatic rings. The van der Waals surface area contributed by atoms with Crippen LogP contribution in [0.3, 0.4) is 0 Å². The third-order valence-corrected chi connectivity index (χ3v) is 3.29. The van der Waals surface area contributed by atoms with Crippen molar-refractivity contribution in [3.63, 3.8) is 0 Å². The van der Waals surface area contributed by atoms with Crippen molar-refractivity contribution in [2.75, 3.05) is 19.8 Å². The zero-order valence-corrected chi connectivity index (χ0v) is 13.2. The highest BCUT2D eigenvalue weighted by Gasteiger charge is 2.12. The molecule has 2 unspecified atom stereocenters. The van der Waals surface area contributed by atoms with E-state index < -0.39 is 0 Å². The van der Waals surface area contributed by atoms with E-state index in [1.54, 1.807) is 0 Å². The molecule has 0 aromatic heterocycles. The third kappa shape index (κ3) is 7.14. The van der Waals surface area contributed by atoms with Gasteiger partial charge in [0.15, 0.2) is 0 Å². The molecule has 21 heavy (non-hydrogen) atoms. The van der Waals surface area contributed by atoms with Crippen molar-refractivity contribution < 1.29 is 19.0 Å². The van der Waals surface area contributed by atoms with Gasteiger partial charge in [-0.25, -0.2) is 0 Å². The second kappa shape index (κ2) is 10.2. The molecule has 2 atom stereocenters. The van der Waals surface area contributed by atoms with Crippen LogP contribution >= 0.6 is 0 Å². The summed E-state index contributed by atoms with van der Waals surface area (Å²) in [6, 6.07) is 9.69. The SMILES string of the molecule is CCC(COCCOC(=O)C(C)CC)Oc1ccccc1. The normalized spacial score (nSPS) is 13.5. The maximum atomic E-state index is 11.5. The molecule has 0 saturated heterocycles. The van der Waals surface area contributed by atoms with E-state index in [9.17, 15) is 4.79 Å². The Morgan fingerprint density at radius 3 is 2.43 bits per heavy atom. The summed E-state index contributed by atoms with van der Waals surface area (Å²) in [6.07, 6.45) is 1.67. The Hall–Kier alpha value is -1.55. The van der Waals surface area contributed by atoms with Gasteiger partial charge < -0.3 is 14.2 Å². The Bertz CT molecular complexity index is 391. The van der Waals surface area contributed by atoms with Gasteiger partial charge in [-0.2, -0.15) is 0 Å². The molecule has 1 aromatic carbocycles. The van der Waals surface area contributed by atoms with Crippen LogP contribution in [0.1, 0.15) is 33.6 Å². The maximum Gasteiger partial charge on any atom is 0.308 e. The number of carbonyl (C=O) groups is 1. The average molecular weight is 294 g/mol. The lowest BCUT2D eigenvalue weighted by Crippen LogP contribution is -2.24. The van der Waals surface area contributed by atoms with Crippen molar-refractivity contribution in [1.82, 2.24) is 0 Å². The molecule has 118 valence electrons. The summed E-state index contributed by atoms with van der Waals surface area (Å²) in [7, 11) is 0.